The van der Waals surface area contributed by atoms with Gasteiger partial charge in [-0.25, -0.2) is 4.79 Å². The fourth-order valence-electron chi connectivity index (χ4n) is 1.67. The number of benzene rings is 1. The summed E-state index contributed by atoms with van der Waals surface area (Å²) in [7, 11) is 0. The number of rotatable bonds is 5. The largest absolute Gasteiger partial charge is 0.462 e. The maximum Gasteiger partial charge on any atom is 0.338 e. The van der Waals surface area contributed by atoms with Crippen LogP contribution >= 0.6 is 0 Å². The molecule has 2 heteroatoms. The average Bonchev–Trinajstić information content (AvgIpc) is 2.27. The van der Waals surface area contributed by atoms with Gasteiger partial charge in [-0.15, -0.1) is 0 Å². The molecule has 0 bridgehead atoms. The van der Waals surface area contributed by atoms with Crippen molar-refractivity contribution in [1.82, 2.24) is 0 Å². The molecule has 0 heterocycles. The quantitative estimate of drug-likeness (QED) is 0.708. The first-order chi connectivity index (χ1) is 7.55. The highest BCUT2D eigenvalue weighted by atomic mass is 16.5. The molecule has 0 N–H and O–H groups in total. The predicted molar refractivity (Wildman–Crippen MR) is 65.4 cm³/mol. The van der Waals surface area contributed by atoms with E-state index in [1.807, 2.05) is 18.2 Å². The molecule has 0 atom stereocenters. The van der Waals surface area contributed by atoms with Crippen LogP contribution < -0.4 is 0 Å². The lowest BCUT2D eigenvalue weighted by molar-refractivity contribution is 0.0326. The Balaban J connectivity index is 2.48. The molecule has 0 aliphatic carbocycles. The molecule has 0 amide bonds. The minimum atomic E-state index is -0.232. The minimum Gasteiger partial charge on any atom is -0.462 e. The van der Waals surface area contributed by atoms with Crippen molar-refractivity contribution in [2.75, 3.05) is 6.61 Å². The molecule has 0 unspecified atom stereocenters. The van der Waals surface area contributed by atoms with E-state index < -0.39 is 0 Å². The molecule has 16 heavy (non-hydrogen) atoms. The van der Waals surface area contributed by atoms with E-state index in [-0.39, 0.29) is 11.4 Å². The third-order valence-corrected chi connectivity index (χ3v) is 2.53. The van der Waals surface area contributed by atoms with Crippen LogP contribution in [0.15, 0.2) is 30.3 Å². The zero-order valence-corrected chi connectivity index (χ0v) is 10.3. The van der Waals surface area contributed by atoms with Crippen LogP contribution in [-0.4, -0.2) is 12.6 Å². The fraction of sp³-hybridized carbons (Fsp3) is 0.500. The second-order valence-electron chi connectivity index (χ2n) is 4.86. The van der Waals surface area contributed by atoms with Gasteiger partial charge in [0, 0.05) is 0 Å². The van der Waals surface area contributed by atoms with E-state index in [1.54, 1.807) is 12.1 Å². The highest BCUT2D eigenvalue weighted by Crippen LogP contribution is 2.22. The Kier molecular flexibility index (Phi) is 4.53. The summed E-state index contributed by atoms with van der Waals surface area (Å²) in [5.41, 5.74) is 0.689. The first-order valence-corrected chi connectivity index (χ1v) is 5.77. The Bertz CT molecular complexity index is 328. The van der Waals surface area contributed by atoms with Crippen molar-refractivity contribution >= 4 is 5.97 Å². The number of hydrogen-bond acceptors (Lipinski definition) is 2. The molecule has 0 saturated heterocycles. The van der Waals surface area contributed by atoms with E-state index >= 15 is 0 Å². The maximum atomic E-state index is 11.7. The molecule has 0 saturated carbocycles. The van der Waals surface area contributed by atoms with Crippen LogP contribution in [0.5, 0.6) is 0 Å². The highest BCUT2D eigenvalue weighted by molar-refractivity contribution is 5.89. The van der Waals surface area contributed by atoms with Gasteiger partial charge in [0.2, 0.25) is 0 Å². The number of carbonyl (C=O) groups is 1. The van der Waals surface area contributed by atoms with Gasteiger partial charge >= 0.3 is 5.97 Å². The molecule has 0 fully saturated rings. The topological polar surface area (TPSA) is 26.3 Å². The summed E-state index contributed by atoms with van der Waals surface area (Å²) in [4.78, 5) is 11.7. The molecular weight excluding hydrogens is 200 g/mol. The van der Waals surface area contributed by atoms with E-state index in [0.29, 0.717) is 12.2 Å². The average molecular weight is 220 g/mol. The Labute approximate surface area is 97.6 Å². The first-order valence-electron chi connectivity index (χ1n) is 5.77. The van der Waals surface area contributed by atoms with Crippen LogP contribution in [0.25, 0.3) is 0 Å². The highest BCUT2D eigenvalue weighted by Gasteiger charge is 2.19. The zero-order valence-electron chi connectivity index (χ0n) is 10.3. The van der Waals surface area contributed by atoms with Crippen molar-refractivity contribution in [1.29, 1.82) is 0 Å². The van der Waals surface area contributed by atoms with Gasteiger partial charge < -0.3 is 4.74 Å². The van der Waals surface area contributed by atoms with Crippen molar-refractivity contribution in [2.24, 2.45) is 5.41 Å². The zero-order chi connectivity index (χ0) is 12.0. The van der Waals surface area contributed by atoms with E-state index in [1.165, 1.54) is 0 Å². The molecule has 2 nitrogen and oxygen atoms in total. The van der Waals surface area contributed by atoms with E-state index in [2.05, 4.69) is 20.8 Å². The van der Waals surface area contributed by atoms with Gasteiger partial charge in [0.1, 0.15) is 0 Å². The van der Waals surface area contributed by atoms with Gasteiger partial charge in [0.15, 0.2) is 0 Å². The molecular formula is C14H20O2. The van der Waals surface area contributed by atoms with Crippen LogP contribution in [0, 0.1) is 5.41 Å². The van der Waals surface area contributed by atoms with Crippen molar-refractivity contribution < 1.29 is 9.53 Å². The van der Waals surface area contributed by atoms with Crippen LogP contribution in [0.2, 0.25) is 0 Å². The van der Waals surface area contributed by atoms with Crippen molar-refractivity contribution in [3.05, 3.63) is 35.9 Å². The first kappa shape index (κ1) is 12.8. The summed E-state index contributed by atoms with van der Waals surface area (Å²) in [6, 6.07) is 9.11. The number of carbonyl (C=O) groups excluding carboxylic acids is 1. The summed E-state index contributed by atoms with van der Waals surface area (Å²) in [5.74, 6) is -0.232. The Morgan fingerprint density at radius 1 is 1.25 bits per heavy atom. The monoisotopic (exact) mass is 220 g/mol. The van der Waals surface area contributed by atoms with E-state index in [0.717, 1.165) is 12.8 Å². The molecule has 1 rings (SSSR count). The summed E-state index contributed by atoms with van der Waals surface area (Å²) >= 11 is 0. The Hall–Kier alpha value is -1.31. The Morgan fingerprint density at radius 2 is 1.88 bits per heavy atom. The lowest BCUT2D eigenvalue weighted by Gasteiger charge is -2.23. The van der Waals surface area contributed by atoms with Crippen molar-refractivity contribution in [3.8, 4) is 0 Å². The predicted octanol–water partition coefficient (Wildman–Crippen LogP) is 3.67. The molecule has 1 aromatic rings. The van der Waals surface area contributed by atoms with Crippen LogP contribution in [0.3, 0.4) is 0 Å². The summed E-state index contributed by atoms with van der Waals surface area (Å²) < 4.78 is 5.31. The SMILES string of the molecule is CCCC(C)(C)COC(=O)c1ccccc1. The lowest BCUT2D eigenvalue weighted by Crippen LogP contribution is -2.21. The van der Waals surface area contributed by atoms with Gasteiger partial charge in [-0.2, -0.15) is 0 Å². The number of esters is 1. The normalized spacial score (nSPS) is 11.2. The van der Waals surface area contributed by atoms with Gasteiger partial charge in [-0.1, -0.05) is 45.4 Å². The van der Waals surface area contributed by atoms with Crippen molar-refractivity contribution in [2.45, 2.75) is 33.6 Å². The van der Waals surface area contributed by atoms with E-state index in [9.17, 15) is 4.79 Å². The second kappa shape index (κ2) is 5.69. The van der Waals surface area contributed by atoms with Crippen LogP contribution in [0.1, 0.15) is 44.0 Å². The van der Waals surface area contributed by atoms with Gasteiger partial charge in [-0.3, -0.25) is 0 Å². The van der Waals surface area contributed by atoms with Gasteiger partial charge in [0.25, 0.3) is 0 Å². The number of hydrogen-bond donors (Lipinski definition) is 0. The second-order valence-corrected chi connectivity index (χ2v) is 4.86. The summed E-state index contributed by atoms with van der Waals surface area (Å²) in [6.45, 7) is 6.86. The molecule has 0 spiro atoms. The number of ether oxygens (including phenoxy) is 1. The standard InChI is InChI=1S/C14H20O2/c1-4-10-14(2,3)11-16-13(15)12-8-6-5-7-9-12/h5-9H,4,10-11H2,1-3H3. The van der Waals surface area contributed by atoms with Crippen LogP contribution in [0.4, 0.5) is 0 Å². The molecule has 1 aromatic carbocycles. The minimum absolute atomic E-state index is 0.0686. The van der Waals surface area contributed by atoms with Gasteiger partial charge in [0.05, 0.1) is 12.2 Å². The van der Waals surface area contributed by atoms with Crippen LogP contribution in [-0.2, 0) is 4.74 Å². The third kappa shape index (κ3) is 4.05. The van der Waals surface area contributed by atoms with Crippen molar-refractivity contribution in [3.63, 3.8) is 0 Å². The molecule has 0 aliphatic rings. The smallest absolute Gasteiger partial charge is 0.338 e. The fourth-order valence-corrected chi connectivity index (χ4v) is 1.67. The van der Waals surface area contributed by atoms with Gasteiger partial charge in [-0.05, 0) is 24.0 Å². The Morgan fingerprint density at radius 3 is 2.44 bits per heavy atom. The molecule has 0 radical (unpaired) electrons. The summed E-state index contributed by atoms with van der Waals surface area (Å²) in [6.07, 6.45) is 2.17. The molecule has 88 valence electrons. The molecule has 0 aliphatic heterocycles. The lowest BCUT2D eigenvalue weighted by atomic mass is 9.89. The summed E-state index contributed by atoms with van der Waals surface area (Å²) in [5, 5.41) is 0. The van der Waals surface area contributed by atoms with E-state index in [4.69, 9.17) is 4.74 Å². The maximum absolute atomic E-state index is 11.7. The third-order valence-electron chi connectivity index (χ3n) is 2.53. The molecule has 0 aromatic heterocycles.